The van der Waals surface area contributed by atoms with Crippen molar-refractivity contribution in [3.8, 4) is 0 Å². The SMILES string of the molecule is CCCCCCCCCCCCC/C=C/CCC(=O)OC[C@H](COP(=O)(O)OC[C@H](N)C(=O)O)OC(=O)CCCCCCCCCCCCCCCCCCCCCC. The minimum absolute atomic E-state index is 0.143. The summed E-state index contributed by atoms with van der Waals surface area (Å²) in [5.74, 6) is -2.42. The molecule has 3 atom stereocenters. The van der Waals surface area contributed by atoms with Crippen LogP contribution in [-0.4, -0.2) is 59.9 Å². The number of carbonyl (C=O) groups excluding carboxylic acids is 2. The Morgan fingerprint density at radius 1 is 0.508 bits per heavy atom. The number of allylic oxidation sites excluding steroid dienone is 2. The van der Waals surface area contributed by atoms with Gasteiger partial charge >= 0.3 is 25.7 Å². The average Bonchev–Trinajstić information content (AvgIpc) is 3.21. The lowest BCUT2D eigenvalue weighted by molar-refractivity contribution is -0.161. The number of hydrogen-bond acceptors (Lipinski definition) is 9. The summed E-state index contributed by atoms with van der Waals surface area (Å²) in [5, 5.41) is 8.90. The quantitative estimate of drug-likeness (QED) is 0.0230. The zero-order valence-corrected chi connectivity index (χ0v) is 38.8. The van der Waals surface area contributed by atoms with Gasteiger partial charge < -0.3 is 25.2 Å². The molecular weight excluding hydrogens is 769 g/mol. The maximum absolute atomic E-state index is 12.7. The highest BCUT2D eigenvalue weighted by Crippen LogP contribution is 2.43. The fourth-order valence-electron chi connectivity index (χ4n) is 6.97. The number of phosphoric ester groups is 1. The van der Waals surface area contributed by atoms with Crippen LogP contribution < -0.4 is 5.73 Å². The van der Waals surface area contributed by atoms with Crippen LogP contribution in [0.2, 0.25) is 0 Å². The molecule has 0 amide bonds. The fourth-order valence-corrected chi connectivity index (χ4v) is 7.75. The third-order valence-electron chi connectivity index (χ3n) is 10.8. The monoisotopic (exact) mass is 860 g/mol. The highest BCUT2D eigenvalue weighted by atomic mass is 31.2. The van der Waals surface area contributed by atoms with Crippen molar-refractivity contribution in [2.75, 3.05) is 19.8 Å². The highest BCUT2D eigenvalue weighted by molar-refractivity contribution is 7.47. The molecule has 4 N–H and O–H groups in total. The Kier molecular flexibility index (Phi) is 41.6. The summed E-state index contributed by atoms with van der Waals surface area (Å²) < 4.78 is 32.7. The zero-order valence-electron chi connectivity index (χ0n) is 37.9. The van der Waals surface area contributed by atoms with Gasteiger partial charge in [0.25, 0.3) is 0 Å². The van der Waals surface area contributed by atoms with Gasteiger partial charge in [-0.15, -0.1) is 0 Å². The van der Waals surface area contributed by atoms with Crippen LogP contribution in [-0.2, 0) is 37.5 Å². The first-order valence-electron chi connectivity index (χ1n) is 24.2. The first kappa shape index (κ1) is 57.2. The van der Waals surface area contributed by atoms with Gasteiger partial charge in [0, 0.05) is 12.8 Å². The van der Waals surface area contributed by atoms with E-state index in [0.29, 0.717) is 12.8 Å². The van der Waals surface area contributed by atoms with E-state index in [1.165, 1.54) is 167 Å². The molecule has 0 aliphatic heterocycles. The lowest BCUT2D eigenvalue weighted by Crippen LogP contribution is -2.34. The number of carbonyl (C=O) groups is 3. The molecule has 0 heterocycles. The second-order valence-corrected chi connectivity index (χ2v) is 18.1. The summed E-state index contributed by atoms with van der Waals surface area (Å²) in [6, 6.07) is -1.52. The molecule has 0 aromatic carbocycles. The number of carboxylic acids is 1. The van der Waals surface area contributed by atoms with Crippen LogP contribution in [0.25, 0.3) is 0 Å². The molecule has 0 saturated heterocycles. The fraction of sp³-hybridized carbons (Fsp3) is 0.894. The molecule has 0 aromatic heterocycles. The predicted octanol–water partition coefficient (Wildman–Crippen LogP) is 13.2. The number of phosphoric acid groups is 1. The number of carboxylic acid groups (broad SMARTS) is 1. The van der Waals surface area contributed by atoms with Gasteiger partial charge in [0.15, 0.2) is 6.10 Å². The highest BCUT2D eigenvalue weighted by Gasteiger charge is 2.28. The number of esters is 2. The van der Waals surface area contributed by atoms with E-state index in [9.17, 15) is 23.8 Å². The van der Waals surface area contributed by atoms with Crippen LogP contribution in [0.15, 0.2) is 12.2 Å². The van der Waals surface area contributed by atoms with Crippen molar-refractivity contribution in [1.82, 2.24) is 0 Å². The van der Waals surface area contributed by atoms with Crippen molar-refractivity contribution in [1.29, 1.82) is 0 Å². The standard InChI is InChI=1S/C47H90NO10P/c1-3-5-7-9-11-13-15-17-19-20-21-22-23-25-27-29-31-33-35-37-39-46(50)58-43(41-56-59(53,54)57-42-44(48)47(51)52)40-55-45(49)38-36-34-32-30-28-26-24-18-16-14-12-10-8-6-4-2/h32,34,43-44H,3-31,33,35-42,48H2,1-2H3,(H,51,52)(H,53,54)/b34-32+/t43-,44+/m1/s1. The van der Waals surface area contributed by atoms with Crippen molar-refractivity contribution in [2.24, 2.45) is 5.73 Å². The van der Waals surface area contributed by atoms with E-state index < -0.39 is 51.1 Å². The van der Waals surface area contributed by atoms with Crippen LogP contribution in [0.3, 0.4) is 0 Å². The van der Waals surface area contributed by atoms with Gasteiger partial charge in [0.1, 0.15) is 12.6 Å². The third kappa shape index (κ3) is 42.7. The van der Waals surface area contributed by atoms with E-state index >= 15 is 0 Å². The number of unbranched alkanes of at least 4 members (excludes halogenated alkanes) is 30. The number of ether oxygens (including phenoxy) is 2. The molecule has 12 heteroatoms. The van der Waals surface area contributed by atoms with E-state index in [1.807, 2.05) is 6.08 Å². The Balaban J connectivity index is 4.27. The molecule has 0 rings (SSSR count). The molecule has 11 nitrogen and oxygen atoms in total. The molecule has 348 valence electrons. The molecule has 1 unspecified atom stereocenters. The van der Waals surface area contributed by atoms with E-state index in [0.717, 1.165) is 32.1 Å². The van der Waals surface area contributed by atoms with Gasteiger partial charge in [-0.25, -0.2) is 4.57 Å². The van der Waals surface area contributed by atoms with Gasteiger partial charge in [-0.05, 0) is 25.7 Å². The average molecular weight is 860 g/mol. The Labute approximate surface area is 360 Å². The summed E-state index contributed by atoms with van der Waals surface area (Å²) in [5.41, 5.74) is 5.34. The number of hydrogen-bond donors (Lipinski definition) is 3. The van der Waals surface area contributed by atoms with Gasteiger partial charge in [0.2, 0.25) is 0 Å². The zero-order chi connectivity index (χ0) is 43.5. The van der Waals surface area contributed by atoms with Gasteiger partial charge in [-0.3, -0.25) is 23.4 Å². The lowest BCUT2D eigenvalue weighted by atomic mass is 10.0. The Morgan fingerprint density at radius 2 is 0.881 bits per heavy atom. The molecule has 0 radical (unpaired) electrons. The van der Waals surface area contributed by atoms with E-state index in [2.05, 4.69) is 24.4 Å². The predicted molar refractivity (Wildman–Crippen MR) is 240 cm³/mol. The summed E-state index contributed by atoms with van der Waals surface area (Å²) in [6.07, 6.45) is 44.3. The van der Waals surface area contributed by atoms with Crippen molar-refractivity contribution in [2.45, 2.75) is 251 Å². The second-order valence-electron chi connectivity index (χ2n) is 16.6. The molecule has 59 heavy (non-hydrogen) atoms. The van der Waals surface area contributed by atoms with Crippen LogP contribution in [0, 0.1) is 0 Å². The van der Waals surface area contributed by atoms with E-state index in [4.69, 9.17) is 24.8 Å². The topological polar surface area (TPSA) is 172 Å². The maximum atomic E-state index is 12.7. The van der Waals surface area contributed by atoms with Crippen molar-refractivity contribution >= 4 is 25.7 Å². The van der Waals surface area contributed by atoms with Crippen molar-refractivity contribution in [3.05, 3.63) is 12.2 Å². The largest absolute Gasteiger partial charge is 0.480 e. The minimum Gasteiger partial charge on any atom is -0.480 e. The van der Waals surface area contributed by atoms with Crippen LogP contribution in [0.4, 0.5) is 0 Å². The molecule has 0 aliphatic rings. The summed E-state index contributed by atoms with van der Waals surface area (Å²) >= 11 is 0. The summed E-state index contributed by atoms with van der Waals surface area (Å²) in [4.78, 5) is 46.0. The molecule has 0 aromatic rings. The van der Waals surface area contributed by atoms with Crippen LogP contribution in [0.1, 0.15) is 239 Å². The molecule has 0 bridgehead atoms. The van der Waals surface area contributed by atoms with E-state index in [1.54, 1.807) is 0 Å². The van der Waals surface area contributed by atoms with Crippen molar-refractivity contribution in [3.63, 3.8) is 0 Å². The minimum atomic E-state index is -4.72. The first-order chi connectivity index (χ1) is 28.6. The van der Waals surface area contributed by atoms with Gasteiger partial charge in [-0.2, -0.15) is 0 Å². The maximum Gasteiger partial charge on any atom is 0.472 e. The van der Waals surface area contributed by atoms with E-state index in [-0.39, 0.29) is 19.4 Å². The third-order valence-corrected chi connectivity index (χ3v) is 11.7. The first-order valence-corrected chi connectivity index (χ1v) is 25.7. The smallest absolute Gasteiger partial charge is 0.472 e. The second kappa shape index (κ2) is 42.9. The lowest BCUT2D eigenvalue weighted by Gasteiger charge is -2.20. The number of aliphatic carboxylic acids is 1. The Hall–Kier alpha value is -1.78. The normalized spacial score (nSPS) is 13.7. The Morgan fingerprint density at radius 3 is 1.31 bits per heavy atom. The molecule has 0 saturated carbocycles. The molecule has 0 spiro atoms. The van der Waals surface area contributed by atoms with Crippen LogP contribution >= 0.6 is 7.82 Å². The molecular formula is C47H90NO10P. The summed E-state index contributed by atoms with van der Waals surface area (Å²) in [6.45, 7) is 2.81. The summed E-state index contributed by atoms with van der Waals surface area (Å²) in [7, 11) is -4.72. The Bertz CT molecular complexity index is 1060. The number of nitrogens with two attached hydrogens (primary N) is 1. The van der Waals surface area contributed by atoms with Crippen LogP contribution in [0.5, 0.6) is 0 Å². The number of rotatable bonds is 46. The van der Waals surface area contributed by atoms with Gasteiger partial charge in [0.05, 0.1) is 13.2 Å². The van der Waals surface area contributed by atoms with Gasteiger partial charge in [-0.1, -0.05) is 212 Å². The molecule has 0 fully saturated rings. The molecule has 0 aliphatic carbocycles. The van der Waals surface area contributed by atoms with Crippen molar-refractivity contribution < 1.29 is 47.5 Å².